The molecule has 0 atom stereocenters. The first-order valence-corrected chi connectivity index (χ1v) is 18.6. The van der Waals surface area contributed by atoms with Gasteiger partial charge in [0.05, 0.1) is 0 Å². The predicted octanol–water partition coefficient (Wildman–Crippen LogP) is 9.41. The molecule has 0 amide bonds. The van der Waals surface area contributed by atoms with Crippen LogP contribution in [0.15, 0.2) is 164 Å². The van der Waals surface area contributed by atoms with Crippen LogP contribution < -0.4 is 0 Å². The van der Waals surface area contributed by atoms with Crippen LogP contribution in [0.4, 0.5) is 0 Å². The minimum atomic E-state index is -3.71. The number of allylic oxidation sites excluding steroid dienone is 8. The van der Waals surface area contributed by atoms with E-state index in [4.69, 9.17) is 0 Å². The zero-order chi connectivity index (χ0) is 24.9. The molecule has 4 aromatic rings. The maximum absolute atomic E-state index is 3.71. The fourth-order valence-electron chi connectivity index (χ4n) is 6.64. The van der Waals surface area contributed by atoms with E-state index in [1.54, 1.807) is 6.56 Å². The first kappa shape index (κ1) is 24.1. The Morgan fingerprint density at radius 1 is 0.405 bits per heavy atom. The molecule has 37 heavy (non-hydrogen) atoms. The molecule has 0 aromatic heterocycles. The van der Waals surface area contributed by atoms with E-state index in [9.17, 15) is 0 Å². The predicted molar refractivity (Wildman–Crippen MR) is 153 cm³/mol. The first-order chi connectivity index (χ1) is 18.4. The molecule has 0 saturated heterocycles. The van der Waals surface area contributed by atoms with E-state index in [0.717, 1.165) is 12.8 Å². The summed E-state index contributed by atoms with van der Waals surface area (Å²) < 4.78 is 4.08. The summed E-state index contributed by atoms with van der Waals surface area (Å²) in [5.74, 6) is 0. The zero-order valence-electron chi connectivity index (χ0n) is 21.1. The molecule has 2 aliphatic carbocycles. The average Bonchev–Trinajstić information content (AvgIpc) is 3.71. The molecule has 2 aliphatic rings. The van der Waals surface area contributed by atoms with Crippen molar-refractivity contribution in [3.63, 3.8) is 0 Å². The fraction of sp³-hybridized carbons (Fsp3) is 0.111. The summed E-state index contributed by atoms with van der Waals surface area (Å²) in [6.45, 7) is 0. The summed E-state index contributed by atoms with van der Waals surface area (Å²) in [4.78, 5) is 0. The van der Waals surface area contributed by atoms with E-state index in [1.807, 2.05) is 0 Å². The molecule has 6 rings (SSSR count). The second-order valence-electron chi connectivity index (χ2n) is 10.0. The Balaban J connectivity index is 1.75. The van der Waals surface area contributed by atoms with Gasteiger partial charge in [-0.2, -0.15) is 0 Å². The van der Waals surface area contributed by atoms with E-state index in [0.29, 0.717) is 7.25 Å². The Kier molecular flexibility index (Phi) is 7.16. The van der Waals surface area contributed by atoms with Gasteiger partial charge >= 0.3 is 227 Å². The monoisotopic (exact) mass is 554 g/mol. The summed E-state index contributed by atoms with van der Waals surface area (Å²) in [7, 11) is 0. The Hall–Kier alpha value is -3.28. The van der Waals surface area contributed by atoms with Gasteiger partial charge in [0.15, 0.2) is 0 Å². The van der Waals surface area contributed by atoms with Crippen LogP contribution in [0.5, 0.6) is 0 Å². The molecule has 1 heteroatoms. The van der Waals surface area contributed by atoms with Crippen molar-refractivity contribution >= 4 is 0 Å². The number of benzene rings is 4. The maximum atomic E-state index is 2.49. The second-order valence-corrected chi connectivity index (χ2v) is 20.3. The van der Waals surface area contributed by atoms with Gasteiger partial charge in [0.1, 0.15) is 0 Å². The van der Waals surface area contributed by atoms with Crippen molar-refractivity contribution in [1.82, 2.24) is 0 Å². The third-order valence-electron chi connectivity index (χ3n) is 8.05. The molecule has 0 nitrogen and oxygen atoms in total. The average molecular weight is 556 g/mol. The van der Waals surface area contributed by atoms with Crippen molar-refractivity contribution in [2.24, 2.45) is 0 Å². The van der Waals surface area contributed by atoms with Gasteiger partial charge in [-0.25, -0.2) is 0 Å². The van der Waals surface area contributed by atoms with Crippen LogP contribution in [0.1, 0.15) is 42.3 Å². The quantitative estimate of drug-likeness (QED) is 0.203. The van der Waals surface area contributed by atoms with Gasteiger partial charge in [-0.15, -0.1) is 0 Å². The topological polar surface area (TPSA) is 0 Å². The molecular weight excluding hydrogens is 524 g/mol. The molecule has 0 heterocycles. The Bertz CT molecular complexity index is 1250. The van der Waals surface area contributed by atoms with Crippen LogP contribution in [-0.4, -0.2) is 0 Å². The van der Waals surface area contributed by atoms with Crippen LogP contribution in [-0.2, 0) is 20.3 Å². The molecule has 4 aromatic carbocycles. The summed E-state index contributed by atoms with van der Waals surface area (Å²) in [5.41, 5.74) is 5.79. The molecule has 0 unspecified atom stereocenters. The molecular formula is C36H32Zr. The molecule has 0 N–H and O–H groups in total. The minimum absolute atomic E-state index is 0.347. The van der Waals surface area contributed by atoms with Crippen molar-refractivity contribution in [2.75, 3.05) is 0 Å². The summed E-state index contributed by atoms with van der Waals surface area (Å²) in [5, 5.41) is 0. The third kappa shape index (κ3) is 4.51. The Labute approximate surface area is 225 Å². The van der Waals surface area contributed by atoms with Crippen LogP contribution in [0, 0.1) is 0 Å². The van der Waals surface area contributed by atoms with Gasteiger partial charge in [0, 0.05) is 0 Å². The molecule has 0 bridgehead atoms. The van der Waals surface area contributed by atoms with Crippen molar-refractivity contribution < 1.29 is 20.3 Å². The third-order valence-corrected chi connectivity index (χ3v) is 22.8. The van der Waals surface area contributed by atoms with Gasteiger partial charge in [-0.3, -0.25) is 0 Å². The summed E-state index contributed by atoms with van der Waals surface area (Å²) in [6.07, 6.45) is 16.5. The van der Waals surface area contributed by atoms with Crippen LogP contribution in [0.3, 0.4) is 0 Å². The van der Waals surface area contributed by atoms with Gasteiger partial charge < -0.3 is 0 Å². The molecule has 0 aliphatic heterocycles. The molecule has 0 saturated carbocycles. The van der Waals surface area contributed by atoms with Gasteiger partial charge in [0.2, 0.25) is 0 Å². The van der Waals surface area contributed by atoms with Crippen molar-refractivity contribution in [3.05, 3.63) is 187 Å². The first-order valence-electron chi connectivity index (χ1n) is 13.3. The number of hydrogen-bond donors (Lipinski definition) is 0. The number of hydrogen-bond acceptors (Lipinski definition) is 0. The van der Waals surface area contributed by atoms with Gasteiger partial charge in [-0.1, -0.05) is 0 Å². The molecule has 180 valence electrons. The van der Waals surface area contributed by atoms with E-state index >= 15 is 0 Å². The zero-order valence-corrected chi connectivity index (χ0v) is 23.5. The summed E-state index contributed by atoms with van der Waals surface area (Å²) in [6, 6.07) is 45.4. The molecule has 0 fully saturated rings. The van der Waals surface area contributed by atoms with Gasteiger partial charge in [0.25, 0.3) is 0 Å². The van der Waals surface area contributed by atoms with Crippen molar-refractivity contribution in [1.29, 1.82) is 0 Å². The SMILES string of the molecule is C1=CC[C]([Zr]([C]2=CC=CC2)([CH](c2ccccc2)c2ccccc2)[CH](c2ccccc2)c2ccccc2)=C1. The standard InChI is InChI=1S/2C13H11.2C5H5.Zr/c2*1-3-7-12(8-4-1)11-13-9-5-2-6-10-13;2*1-2-4-5-3-1;/h2*1-11H;2*1-3H,4H2;. The Morgan fingerprint density at radius 3 is 0.946 bits per heavy atom. The van der Waals surface area contributed by atoms with Crippen LogP contribution in [0.25, 0.3) is 0 Å². The fourth-order valence-corrected chi connectivity index (χ4v) is 23.3. The second kappa shape index (κ2) is 11.0. The Morgan fingerprint density at radius 2 is 0.703 bits per heavy atom. The van der Waals surface area contributed by atoms with Gasteiger partial charge in [-0.05, 0) is 0 Å². The van der Waals surface area contributed by atoms with Crippen LogP contribution >= 0.6 is 0 Å². The van der Waals surface area contributed by atoms with E-state index in [1.165, 1.54) is 22.3 Å². The van der Waals surface area contributed by atoms with Crippen molar-refractivity contribution in [2.45, 2.75) is 20.1 Å². The number of rotatable bonds is 8. The van der Waals surface area contributed by atoms with E-state index < -0.39 is 20.3 Å². The van der Waals surface area contributed by atoms with Crippen LogP contribution in [0.2, 0.25) is 0 Å². The van der Waals surface area contributed by atoms with Crippen molar-refractivity contribution in [3.8, 4) is 0 Å². The summed E-state index contributed by atoms with van der Waals surface area (Å²) >= 11 is -3.71. The normalized spacial score (nSPS) is 14.9. The van der Waals surface area contributed by atoms with E-state index in [-0.39, 0.29) is 0 Å². The molecule has 0 radical (unpaired) electrons. The molecule has 0 spiro atoms. The van der Waals surface area contributed by atoms with E-state index in [2.05, 4.69) is 158 Å².